The molecule has 1 amide bonds. The molecule has 0 aliphatic carbocycles. The number of nitrogens with zero attached hydrogens (tertiary/aromatic N) is 1. The van der Waals surface area contributed by atoms with E-state index in [9.17, 15) is 13.2 Å². The van der Waals surface area contributed by atoms with Crippen LogP contribution in [0.3, 0.4) is 0 Å². The van der Waals surface area contributed by atoms with Crippen molar-refractivity contribution in [3.63, 3.8) is 0 Å². The number of anilines is 1. The molecule has 0 unspecified atom stereocenters. The van der Waals surface area contributed by atoms with E-state index in [1.807, 2.05) is 27.7 Å². The second kappa shape index (κ2) is 6.94. The Morgan fingerprint density at radius 2 is 2.12 bits per heavy atom. The minimum absolute atomic E-state index is 0.0465. The lowest BCUT2D eigenvalue weighted by Gasteiger charge is -2.22. The Morgan fingerprint density at radius 3 is 2.73 bits per heavy atom. The van der Waals surface area contributed by atoms with Gasteiger partial charge in [0.2, 0.25) is 15.9 Å². The molecule has 2 aliphatic rings. The van der Waals surface area contributed by atoms with Crippen LogP contribution in [0.1, 0.15) is 46.1 Å². The summed E-state index contributed by atoms with van der Waals surface area (Å²) in [6.07, 6.45) is 1.81. The zero-order valence-corrected chi connectivity index (χ0v) is 16.7. The molecular formula is C19H28N2O4S. The van der Waals surface area contributed by atoms with E-state index in [1.54, 1.807) is 23.1 Å². The van der Waals surface area contributed by atoms with Gasteiger partial charge in [0.05, 0.1) is 11.0 Å². The average Bonchev–Trinajstić information content (AvgIpc) is 3.18. The maximum absolute atomic E-state index is 12.7. The molecule has 6 nitrogen and oxygen atoms in total. The van der Waals surface area contributed by atoms with Gasteiger partial charge in [0.1, 0.15) is 0 Å². The fourth-order valence-electron chi connectivity index (χ4n) is 3.63. The molecule has 2 heterocycles. The standard InChI is InChI=1S/C19H28N2O4S/c1-13(2)18(22)21-12-19(3,4)16-10-15(7-8-17(16)21)26(23,24)20-11-14-6-5-9-25-14/h7-8,10,13-14,20H,5-6,9,11-12H2,1-4H3/t14-/m1/s1. The zero-order chi connectivity index (χ0) is 19.1. The van der Waals surface area contributed by atoms with Gasteiger partial charge in [0, 0.05) is 36.7 Å². The molecule has 1 fully saturated rings. The van der Waals surface area contributed by atoms with Gasteiger partial charge >= 0.3 is 0 Å². The van der Waals surface area contributed by atoms with Crippen LogP contribution in [0.15, 0.2) is 23.1 Å². The molecular weight excluding hydrogens is 352 g/mol. The van der Waals surface area contributed by atoms with Crippen LogP contribution >= 0.6 is 0 Å². The van der Waals surface area contributed by atoms with Crippen LogP contribution in [0.5, 0.6) is 0 Å². The van der Waals surface area contributed by atoms with Crippen LogP contribution in [0.4, 0.5) is 5.69 Å². The van der Waals surface area contributed by atoms with Crippen molar-refractivity contribution < 1.29 is 17.9 Å². The summed E-state index contributed by atoms with van der Waals surface area (Å²) in [6.45, 7) is 9.37. The molecule has 0 spiro atoms. The Balaban J connectivity index is 1.86. The van der Waals surface area contributed by atoms with E-state index in [0.717, 1.165) is 24.1 Å². The molecule has 0 bridgehead atoms. The summed E-state index contributed by atoms with van der Waals surface area (Å²) in [5.74, 6) is -0.0443. The highest BCUT2D eigenvalue weighted by molar-refractivity contribution is 7.89. The van der Waals surface area contributed by atoms with Crippen molar-refractivity contribution in [2.45, 2.75) is 57.0 Å². The topological polar surface area (TPSA) is 75.7 Å². The molecule has 144 valence electrons. The molecule has 0 radical (unpaired) electrons. The van der Waals surface area contributed by atoms with Gasteiger partial charge in [-0.15, -0.1) is 0 Å². The maximum Gasteiger partial charge on any atom is 0.240 e. The van der Waals surface area contributed by atoms with E-state index in [0.29, 0.717) is 19.7 Å². The van der Waals surface area contributed by atoms with Crippen LogP contribution in [0.25, 0.3) is 0 Å². The molecule has 1 saturated heterocycles. The molecule has 0 saturated carbocycles. The SMILES string of the molecule is CC(C)C(=O)N1CC(C)(C)c2cc(S(=O)(=O)NC[C@H]3CCCO3)ccc21. The van der Waals surface area contributed by atoms with Crippen molar-refractivity contribution in [2.75, 3.05) is 24.6 Å². The van der Waals surface area contributed by atoms with Gasteiger partial charge in [-0.25, -0.2) is 13.1 Å². The molecule has 1 aromatic rings. The Bertz CT molecular complexity index is 796. The third kappa shape index (κ3) is 3.66. The number of hydrogen-bond acceptors (Lipinski definition) is 4. The Kier molecular flexibility index (Phi) is 5.16. The molecule has 3 rings (SSSR count). The number of hydrogen-bond donors (Lipinski definition) is 1. The third-order valence-corrected chi connectivity index (χ3v) is 6.56. The van der Waals surface area contributed by atoms with Gasteiger partial charge in [-0.3, -0.25) is 4.79 Å². The van der Waals surface area contributed by atoms with Crippen molar-refractivity contribution in [1.82, 2.24) is 4.72 Å². The number of fused-ring (bicyclic) bond motifs is 1. The van der Waals surface area contributed by atoms with Gasteiger partial charge in [-0.1, -0.05) is 27.7 Å². The van der Waals surface area contributed by atoms with Gasteiger partial charge < -0.3 is 9.64 Å². The Hall–Kier alpha value is -1.44. The summed E-state index contributed by atoms with van der Waals surface area (Å²) < 4.78 is 33.5. The van der Waals surface area contributed by atoms with Crippen molar-refractivity contribution in [3.8, 4) is 0 Å². The summed E-state index contributed by atoms with van der Waals surface area (Å²) >= 11 is 0. The number of amides is 1. The second-order valence-corrected chi connectivity index (χ2v) is 9.90. The third-order valence-electron chi connectivity index (χ3n) is 5.14. The van der Waals surface area contributed by atoms with Crippen LogP contribution in [0, 0.1) is 5.92 Å². The van der Waals surface area contributed by atoms with Crippen LogP contribution in [-0.4, -0.2) is 40.1 Å². The summed E-state index contributed by atoms with van der Waals surface area (Å²) in [5, 5.41) is 0. The van der Waals surface area contributed by atoms with E-state index in [2.05, 4.69) is 4.72 Å². The Labute approximate surface area is 156 Å². The highest BCUT2D eigenvalue weighted by atomic mass is 32.2. The molecule has 7 heteroatoms. The summed E-state index contributed by atoms with van der Waals surface area (Å²) in [6, 6.07) is 5.05. The summed E-state index contributed by atoms with van der Waals surface area (Å²) in [4.78, 5) is 14.5. The number of ether oxygens (including phenoxy) is 1. The van der Waals surface area contributed by atoms with Crippen LogP contribution in [-0.2, 0) is 25.0 Å². The number of sulfonamides is 1. The predicted molar refractivity (Wildman–Crippen MR) is 101 cm³/mol. The van der Waals surface area contributed by atoms with Crippen molar-refractivity contribution in [2.24, 2.45) is 5.92 Å². The first-order chi connectivity index (χ1) is 12.1. The number of rotatable bonds is 5. The first-order valence-electron chi connectivity index (χ1n) is 9.19. The molecule has 1 aromatic carbocycles. The van der Waals surface area contributed by atoms with Gasteiger partial charge in [-0.2, -0.15) is 0 Å². The lowest BCUT2D eigenvalue weighted by molar-refractivity contribution is -0.121. The first kappa shape index (κ1) is 19.3. The predicted octanol–water partition coefficient (Wildman–Crippen LogP) is 2.42. The number of carbonyl (C=O) groups is 1. The average molecular weight is 381 g/mol. The first-order valence-corrected chi connectivity index (χ1v) is 10.7. The van der Waals surface area contributed by atoms with Crippen LogP contribution in [0.2, 0.25) is 0 Å². The quantitative estimate of drug-likeness (QED) is 0.851. The molecule has 2 aliphatic heterocycles. The van der Waals surface area contributed by atoms with Crippen molar-refractivity contribution >= 4 is 21.6 Å². The van der Waals surface area contributed by atoms with E-state index in [4.69, 9.17) is 4.74 Å². The fraction of sp³-hybridized carbons (Fsp3) is 0.632. The van der Waals surface area contributed by atoms with Crippen LogP contribution < -0.4 is 9.62 Å². The summed E-state index contributed by atoms with van der Waals surface area (Å²) in [7, 11) is -3.61. The molecule has 1 atom stereocenters. The molecule has 1 N–H and O–H groups in total. The number of carbonyl (C=O) groups excluding carboxylic acids is 1. The van der Waals surface area contributed by atoms with E-state index in [-0.39, 0.29) is 28.2 Å². The lowest BCUT2D eigenvalue weighted by atomic mass is 9.87. The minimum Gasteiger partial charge on any atom is -0.377 e. The van der Waals surface area contributed by atoms with Crippen molar-refractivity contribution in [1.29, 1.82) is 0 Å². The lowest BCUT2D eigenvalue weighted by Crippen LogP contribution is -2.36. The second-order valence-electron chi connectivity index (χ2n) is 8.13. The summed E-state index contributed by atoms with van der Waals surface area (Å²) in [5.41, 5.74) is 1.42. The Morgan fingerprint density at radius 1 is 1.38 bits per heavy atom. The molecule has 0 aromatic heterocycles. The highest BCUT2D eigenvalue weighted by Crippen LogP contribution is 2.42. The van der Waals surface area contributed by atoms with E-state index in [1.165, 1.54) is 0 Å². The van der Waals surface area contributed by atoms with Gasteiger partial charge in [0.15, 0.2) is 0 Å². The normalized spacial score (nSPS) is 22.0. The highest BCUT2D eigenvalue weighted by Gasteiger charge is 2.39. The van der Waals surface area contributed by atoms with Crippen molar-refractivity contribution in [3.05, 3.63) is 23.8 Å². The maximum atomic E-state index is 12.7. The number of benzene rings is 1. The largest absolute Gasteiger partial charge is 0.377 e. The monoisotopic (exact) mass is 380 g/mol. The smallest absolute Gasteiger partial charge is 0.240 e. The minimum atomic E-state index is -3.61. The van der Waals surface area contributed by atoms with E-state index >= 15 is 0 Å². The fourth-order valence-corrected chi connectivity index (χ4v) is 4.72. The zero-order valence-electron chi connectivity index (χ0n) is 15.9. The molecule has 26 heavy (non-hydrogen) atoms. The number of nitrogens with one attached hydrogen (secondary N) is 1. The van der Waals surface area contributed by atoms with E-state index < -0.39 is 10.0 Å². The van der Waals surface area contributed by atoms with Gasteiger partial charge in [0.25, 0.3) is 0 Å². The van der Waals surface area contributed by atoms with Gasteiger partial charge in [-0.05, 0) is 36.6 Å².